The van der Waals surface area contributed by atoms with Gasteiger partial charge < -0.3 is 9.13 Å². The van der Waals surface area contributed by atoms with E-state index < -0.39 is 0 Å². The van der Waals surface area contributed by atoms with E-state index in [1.54, 1.807) is 0 Å². The van der Waals surface area contributed by atoms with Crippen molar-refractivity contribution in [3.63, 3.8) is 0 Å². The van der Waals surface area contributed by atoms with Crippen molar-refractivity contribution in [2.45, 2.75) is 25.3 Å². The lowest BCUT2D eigenvalue weighted by atomic mass is 9.82. The van der Waals surface area contributed by atoms with Crippen LogP contribution < -0.4 is 0 Å². The Morgan fingerprint density at radius 2 is 0.897 bits per heavy atom. The third kappa shape index (κ3) is 4.22. The van der Waals surface area contributed by atoms with Crippen LogP contribution in [0.3, 0.4) is 0 Å². The molecule has 0 aliphatic heterocycles. The van der Waals surface area contributed by atoms with Gasteiger partial charge in [-0.15, -0.1) is 0 Å². The maximum atomic E-state index is 2.55. The van der Waals surface area contributed by atoms with Gasteiger partial charge in [0.25, 0.3) is 0 Å². The molecule has 9 aromatic carbocycles. The predicted molar refractivity (Wildman–Crippen MR) is 246 cm³/mol. The lowest BCUT2D eigenvalue weighted by molar-refractivity contribution is 0.653. The molecule has 0 bridgehead atoms. The highest BCUT2D eigenvalue weighted by Gasteiger charge is 2.41. The van der Waals surface area contributed by atoms with Crippen LogP contribution in [0.5, 0.6) is 0 Å². The molecule has 13 rings (SSSR count). The van der Waals surface area contributed by atoms with Gasteiger partial charge in [0.1, 0.15) is 0 Å². The Labute approximate surface area is 336 Å². The summed E-state index contributed by atoms with van der Waals surface area (Å²) in [6, 6.07) is 65.7. The molecular formula is C56H38N2. The normalized spacial score (nSPS) is 15.9. The summed E-state index contributed by atoms with van der Waals surface area (Å²) in [7, 11) is 0. The van der Waals surface area contributed by atoms with Crippen LogP contribution in [0.1, 0.15) is 31.0 Å². The number of nitrogens with zero attached hydrogens (tertiary/aromatic N) is 2. The molecule has 0 N–H and O–H groups in total. The minimum absolute atomic E-state index is 0.0115. The van der Waals surface area contributed by atoms with Gasteiger partial charge in [0, 0.05) is 43.7 Å². The number of aromatic nitrogens is 2. The highest BCUT2D eigenvalue weighted by atomic mass is 15.0. The molecule has 1 atom stereocenters. The molecule has 2 aliphatic carbocycles. The van der Waals surface area contributed by atoms with E-state index in [9.17, 15) is 0 Å². The van der Waals surface area contributed by atoms with Gasteiger partial charge in [-0.2, -0.15) is 0 Å². The molecule has 0 amide bonds. The van der Waals surface area contributed by atoms with Gasteiger partial charge in [0.15, 0.2) is 0 Å². The number of allylic oxidation sites excluding steroid dienone is 4. The number of fused-ring (bicyclic) bond motifs is 15. The van der Waals surface area contributed by atoms with E-state index in [1.165, 1.54) is 115 Å². The summed E-state index contributed by atoms with van der Waals surface area (Å²) in [4.78, 5) is 0. The molecule has 2 aromatic heterocycles. The van der Waals surface area contributed by atoms with Crippen molar-refractivity contribution in [2.75, 3.05) is 0 Å². The molecule has 2 heterocycles. The Kier molecular flexibility index (Phi) is 6.32. The molecule has 11 aromatic rings. The van der Waals surface area contributed by atoms with Crippen LogP contribution in [-0.4, -0.2) is 9.13 Å². The summed E-state index contributed by atoms with van der Waals surface area (Å²) >= 11 is 0. The number of rotatable bonds is 3. The van der Waals surface area contributed by atoms with E-state index >= 15 is 0 Å². The molecule has 0 spiro atoms. The monoisotopic (exact) mass is 738 g/mol. The molecule has 2 nitrogen and oxygen atoms in total. The van der Waals surface area contributed by atoms with Gasteiger partial charge in [0.2, 0.25) is 0 Å². The Balaban J connectivity index is 0.967. The fourth-order valence-electron chi connectivity index (χ4n) is 10.9. The van der Waals surface area contributed by atoms with Crippen molar-refractivity contribution in [1.82, 2.24) is 9.13 Å². The van der Waals surface area contributed by atoms with Crippen LogP contribution in [-0.2, 0) is 5.41 Å². The van der Waals surface area contributed by atoms with E-state index in [0.29, 0.717) is 0 Å². The minimum atomic E-state index is -0.0115. The van der Waals surface area contributed by atoms with E-state index in [4.69, 9.17) is 0 Å². The van der Waals surface area contributed by atoms with E-state index in [1.807, 2.05) is 0 Å². The van der Waals surface area contributed by atoms with Gasteiger partial charge in [-0.3, -0.25) is 0 Å². The zero-order valence-corrected chi connectivity index (χ0v) is 32.4. The zero-order chi connectivity index (χ0) is 38.3. The summed E-state index contributed by atoms with van der Waals surface area (Å²) in [6.07, 6.45) is 5.01. The molecule has 1 unspecified atom stereocenters. The van der Waals surface area contributed by atoms with E-state index in [0.717, 1.165) is 0 Å². The van der Waals surface area contributed by atoms with Crippen LogP contribution >= 0.6 is 0 Å². The first-order chi connectivity index (χ1) is 28.5. The fraction of sp³-hybridized carbons (Fsp3) is 0.0714. The topological polar surface area (TPSA) is 9.86 Å². The second-order valence-corrected chi connectivity index (χ2v) is 16.8. The molecule has 272 valence electrons. The molecule has 0 fully saturated rings. The molecule has 0 radical (unpaired) electrons. The van der Waals surface area contributed by atoms with Gasteiger partial charge >= 0.3 is 0 Å². The van der Waals surface area contributed by atoms with Crippen molar-refractivity contribution < 1.29 is 0 Å². The molecule has 2 aliphatic rings. The van der Waals surface area contributed by atoms with Crippen LogP contribution in [0.4, 0.5) is 0 Å². The molecule has 2 heteroatoms. The maximum Gasteiger partial charge on any atom is 0.0722 e. The standard InChI is InChI=1S/C56H38N2/c1-56(2)50-20-10-7-17-43(50)47-32-37(33-51(47)56)58-53-22-12-9-19-45(53)49-30-35(24-28-55(49)58)34-23-27-54-48(29-34)44-18-8-11-21-52(44)57(54)36-25-26-42-40-15-4-3-13-38(40)39-14-5-6-16-41(39)46(42)31-36/h3-33,37H,1-2H3. The summed E-state index contributed by atoms with van der Waals surface area (Å²) in [6.45, 7) is 4.75. The van der Waals surface area contributed by atoms with Crippen molar-refractivity contribution in [1.29, 1.82) is 0 Å². The summed E-state index contributed by atoms with van der Waals surface area (Å²) in [5.41, 5.74) is 14.2. The van der Waals surface area contributed by atoms with Gasteiger partial charge in [-0.1, -0.05) is 147 Å². The van der Waals surface area contributed by atoms with Crippen LogP contribution in [0.2, 0.25) is 0 Å². The largest absolute Gasteiger partial charge is 0.330 e. The second-order valence-electron chi connectivity index (χ2n) is 16.8. The average molecular weight is 739 g/mol. The van der Waals surface area contributed by atoms with Crippen LogP contribution in [0.15, 0.2) is 194 Å². The summed E-state index contributed by atoms with van der Waals surface area (Å²) in [5, 5.41) is 12.9. The zero-order valence-electron chi connectivity index (χ0n) is 32.4. The smallest absolute Gasteiger partial charge is 0.0722 e. The quantitative estimate of drug-likeness (QED) is 0.160. The first kappa shape index (κ1) is 32.0. The Morgan fingerprint density at radius 3 is 1.60 bits per heavy atom. The van der Waals surface area contributed by atoms with Crippen molar-refractivity contribution in [3.05, 3.63) is 205 Å². The number of benzene rings is 9. The van der Waals surface area contributed by atoms with Gasteiger partial charge in [-0.05, 0) is 120 Å². The Bertz CT molecular complexity index is 3620. The minimum Gasteiger partial charge on any atom is -0.330 e. The Morgan fingerprint density at radius 1 is 0.397 bits per heavy atom. The van der Waals surface area contributed by atoms with Crippen LogP contribution in [0.25, 0.3) is 98.3 Å². The molecular weight excluding hydrogens is 701 g/mol. The predicted octanol–water partition coefficient (Wildman–Crippen LogP) is 14.9. The first-order valence-electron chi connectivity index (χ1n) is 20.5. The van der Waals surface area contributed by atoms with Gasteiger partial charge in [-0.25, -0.2) is 0 Å². The molecule has 0 saturated carbocycles. The van der Waals surface area contributed by atoms with Gasteiger partial charge in [0.05, 0.1) is 17.1 Å². The summed E-state index contributed by atoms with van der Waals surface area (Å²) < 4.78 is 5.01. The summed E-state index contributed by atoms with van der Waals surface area (Å²) in [5.74, 6) is 0. The molecule has 0 saturated heterocycles. The third-order valence-corrected chi connectivity index (χ3v) is 13.5. The Hall–Kier alpha value is -7.16. The number of hydrogen-bond acceptors (Lipinski definition) is 0. The maximum absolute atomic E-state index is 2.55. The van der Waals surface area contributed by atoms with Crippen LogP contribution in [0, 0.1) is 0 Å². The second kappa shape index (κ2) is 11.5. The lowest BCUT2D eigenvalue weighted by Crippen LogP contribution is -2.15. The average Bonchev–Trinajstić information content (AvgIpc) is 4.01. The number of hydrogen-bond donors (Lipinski definition) is 0. The van der Waals surface area contributed by atoms with E-state index in [2.05, 4.69) is 211 Å². The van der Waals surface area contributed by atoms with Crippen molar-refractivity contribution in [2.24, 2.45) is 0 Å². The van der Waals surface area contributed by atoms with E-state index in [-0.39, 0.29) is 11.5 Å². The third-order valence-electron chi connectivity index (χ3n) is 13.5. The highest BCUT2D eigenvalue weighted by Crippen LogP contribution is 2.54. The first-order valence-corrected chi connectivity index (χ1v) is 20.5. The SMILES string of the molecule is CC1(C)C2=CC(n3c4ccccc4c4cc(-c5ccc6c(c5)c5ccccc5n6-c5ccc6c7ccccc7c7ccccc7c6c5)ccc43)C=C2c2ccccc21. The van der Waals surface area contributed by atoms with Crippen molar-refractivity contribution in [3.8, 4) is 16.8 Å². The fourth-order valence-corrected chi connectivity index (χ4v) is 10.9. The van der Waals surface area contributed by atoms with Crippen molar-refractivity contribution >= 4 is 81.5 Å². The lowest BCUT2D eigenvalue weighted by Gasteiger charge is -2.22. The molecule has 58 heavy (non-hydrogen) atoms. The number of para-hydroxylation sites is 2. The highest BCUT2D eigenvalue weighted by molar-refractivity contribution is 6.25.